The minimum Gasteiger partial charge on any atom is -0.496 e. The third-order valence-electron chi connectivity index (χ3n) is 5.61. The van der Waals surface area contributed by atoms with Gasteiger partial charge in [-0.25, -0.2) is 0 Å². The molecule has 32 heavy (non-hydrogen) atoms. The number of benzene rings is 4. The maximum Gasteiger partial charge on any atom is 0.176 e. The molecule has 0 atom stereocenters. The summed E-state index contributed by atoms with van der Waals surface area (Å²) in [5, 5.41) is 11.7. The molecule has 0 amide bonds. The first-order valence-electron chi connectivity index (χ1n) is 10.3. The molecule has 4 aromatic rings. The van der Waals surface area contributed by atoms with Gasteiger partial charge in [-0.2, -0.15) is 0 Å². The lowest BCUT2D eigenvalue weighted by Gasteiger charge is -2.26. The van der Waals surface area contributed by atoms with Gasteiger partial charge in [-0.15, -0.1) is 6.42 Å². The van der Waals surface area contributed by atoms with Gasteiger partial charge in [0.1, 0.15) is 11.5 Å². The van der Waals surface area contributed by atoms with Gasteiger partial charge in [0.05, 0.1) is 14.2 Å². The molecule has 4 rings (SSSR count). The molecule has 0 radical (unpaired) electrons. The zero-order valence-corrected chi connectivity index (χ0v) is 18.1. The van der Waals surface area contributed by atoms with E-state index in [1.165, 1.54) is 0 Å². The van der Waals surface area contributed by atoms with E-state index in [0.717, 1.165) is 22.3 Å². The Morgan fingerprint density at radius 3 is 1.41 bits per heavy atom. The van der Waals surface area contributed by atoms with E-state index >= 15 is 0 Å². The molecule has 1 N–H and O–H groups in total. The Hall–Kier alpha value is -4.00. The number of ether oxygens (including phenoxy) is 2. The lowest BCUT2D eigenvalue weighted by atomic mass is 9.84. The minimum absolute atomic E-state index is 0.587. The molecule has 0 heterocycles. The van der Waals surface area contributed by atoms with Crippen LogP contribution in [0.1, 0.15) is 11.1 Å². The fourth-order valence-corrected chi connectivity index (χ4v) is 3.89. The standard InChI is InChI=1S/C29H24O3/c1-4-29(30,23-15-17-27(31-2)25(19-23)21-11-7-5-8-12-21)24-16-18-28(32-3)26(20-24)22-13-9-6-10-14-22/h1,5-20,30H,2-3H3. The summed E-state index contributed by atoms with van der Waals surface area (Å²) in [6, 6.07) is 30.8. The first-order chi connectivity index (χ1) is 15.6. The zero-order chi connectivity index (χ0) is 22.6. The van der Waals surface area contributed by atoms with E-state index in [4.69, 9.17) is 15.9 Å². The highest BCUT2D eigenvalue weighted by molar-refractivity contribution is 5.74. The van der Waals surface area contributed by atoms with Crippen molar-refractivity contribution in [3.63, 3.8) is 0 Å². The summed E-state index contributed by atoms with van der Waals surface area (Å²) in [6.45, 7) is 0. The molecule has 4 aromatic carbocycles. The second-order valence-corrected chi connectivity index (χ2v) is 7.42. The summed E-state index contributed by atoms with van der Waals surface area (Å²) in [5.74, 6) is 4.03. The highest BCUT2D eigenvalue weighted by atomic mass is 16.5. The van der Waals surface area contributed by atoms with Crippen LogP contribution >= 0.6 is 0 Å². The number of rotatable bonds is 6. The molecule has 3 nitrogen and oxygen atoms in total. The number of methoxy groups -OCH3 is 2. The van der Waals surface area contributed by atoms with Crippen molar-refractivity contribution < 1.29 is 14.6 Å². The van der Waals surface area contributed by atoms with Crippen molar-refractivity contribution in [1.29, 1.82) is 0 Å². The summed E-state index contributed by atoms with van der Waals surface area (Å²) >= 11 is 0. The third kappa shape index (κ3) is 3.85. The minimum atomic E-state index is -1.63. The number of hydrogen-bond acceptors (Lipinski definition) is 3. The molecule has 0 saturated heterocycles. The fourth-order valence-electron chi connectivity index (χ4n) is 3.89. The second-order valence-electron chi connectivity index (χ2n) is 7.42. The van der Waals surface area contributed by atoms with Gasteiger partial charge in [0.2, 0.25) is 0 Å². The highest BCUT2D eigenvalue weighted by Gasteiger charge is 2.31. The van der Waals surface area contributed by atoms with Crippen LogP contribution in [0.2, 0.25) is 0 Å². The normalized spacial score (nSPS) is 10.9. The summed E-state index contributed by atoms with van der Waals surface area (Å²) in [7, 11) is 3.26. The topological polar surface area (TPSA) is 38.7 Å². The van der Waals surface area contributed by atoms with Crippen LogP contribution in [0.25, 0.3) is 22.3 Å². The van der Waals surface area contributed by atoms with E-state index in [9.17, 15) is 5.11 Å². The molecule has 158 valence electrons. The Morgan fingerprint density at radius 1 is 0.656 bits per heavy atom. The molecule has 0 saturated carbocycles. The molecule has 0 aliphatic carbocycles. The van der Waals surface area contributed by atoms with Crippen LogP contribution < -0.4 is 9.47 Å². The van der Waals surface area contributed by atoms with Crippen molar-refractivity contribution in [1.82, 2.24) is 0 Å². The SMILES string of the molecule is C#CC(O)(c1ccc(OC)c(-c2ccccc2)c1)c1ccc(OC)c(-c2ccccc2)c1. The summed E-state index contributed by atoms with van der Waals surface area (Å²) < 4.78 is 11.1. The van der Waals surface area contributed by atoms with Gasteiger partial charge in [-0.05, 0) is 35.4 Å². The van der Waals surface area contributed by atoms with Gasteiger partial charge < -0.3 is 14.6 Å². The Balaban J connectivity index is 1.87. The molecule has 0 bridgehead atoms. The van der Waals surface area contributed by atoms with Crippen molar-refractivity contribution in [2.24, 2.45) is 0 Å². The van der Waals surface area contributed by atoms with Crippen LogP contribution in [0.3, 0.4) is 0 Å². The molecular weight excluding hydrogens is 396 g/mol. The van der Waals surface area contributed by atoms with Crippen LogP contribution in [-0.4, -0.2) is 19.3 Å². The van der Waals surface area contributed by atoms with Crippen LogP contribution in [0.15, 0.2) is 97.1 Å². The van der Waals surface area contributed by atoms with E-state index in [-0.39, 0.29) is 0 Å². The monoisotopic (exact) mass is 420 g/mol. The fraction of sp³-hybridized carbons (Fsp3) is 0.103. The Bertz CT molecular complexity index is 1160. The Labute approximate surface area is 188 Å². The largest absolute Gasteiger partial charge is 0.496 e. The first kappa shape index (κ1) is 21.2. The maximum absolute atomic E-state index is 11.7. The van der Waals surface area contributed by atoms with Gasteiger partial charge in [-0.1, -0.05) is 78.7 Å². The molecule has 0 aliphatic rings. The van der Waals surface area contributed by atoms with Crippen molar-refractivity contribution in [2.75, 3.05) is 14.2 Å². The molecule has 0 spiro atoms. The number of terminal acetylenes is 1. The van der Waals surface area contributed by atoms with Crippen LogP contribution in [-0.2, 0) is 5.60 Å². The van der Waals surface area contributed by atoms with Crippen molar-refractivity contribution in [3.05, 3.63) is 108 Å². The summed E-state index contributed by atoms with van der Waals surface area (Å²) in [6.07, 6.45) is 5.93. The summed E-state index contributed by atoms with van der Waals surface area (Å²) in [5.41, 5.74) is 3.21. The van der Waals surface area contributed by atoms with Crippen LogP contribution in [0.4, 0.5) is 0 Å². The van der Waals surface area contributed by atoms with Gasteiger partial charge in [-0.3, -0.25) is 0 Å². The second kappa shape index (κ2) is 9.01. The predicted octanol–water partition coefficient (Wildman–Crippen LogP) is 5.91. The van der Waals surface area contributed by atoms with E-state index < -0.39 is 5.60 Å². The molecule has 0 aromatic heterocycles. The van der Waals surface area contributed by atoms with Crippen molar-refractivity contribution in [2.45, 2.75) is 5.60 Å². The van der Waals surface area contributed by atoms with E-state index in [0.29, 0.717) is 22.6 Å². The molecule has 0 aliphatic heterocycles. The van der Waals surface area contributed by atoms with E-state index in [2.05, 4.69) is 5.92 Å². The van der Waals surface area contributed by atoms with Gasteiger partial charge in [0.25, 0.3) is 0 Å². The zero-order valence-electron chi connectivity index (χ0n) is 18.1. The van der Waals surface area contributed by atoms with E-state index in [1.54, 1.807) is 26.4 Å². The third-order valence-corrected chi connectivity index (χ3v) is 5.61. The van der Waals surface area contributed by atoms with Crippen molar-refractivity contribution >= 4 is 0 Å². The van der Waals surface area contributed by atoms with Crippen molar-refractivity contribution in [3.8, 4) is 46.1 Å². The highest BCUT2D eigenvalue weighted by Crippen LogP contribution is 2.39. The summed E-state index contributed by atoms with van der Waals surface area (Å²) in [4.78, 5) is 0. The predicted molar refractivity (Wildman–Crippen MR) is 129 cm³/mol. The molecular formula is C29H24O3. The van der Waals surface area contributed by atoms with Gasteiger partial charge in [0, 0.05) is 22.3 Å². The lowest BCUT2D eigenvalue weighted by molar-refractivity contribution is 0.145. The Kier molecular flexibility index (Phi) is 5.98. The molecule has 3 heteroatoms. The van der Waals surface area contributed by atoms with Crippen LogP contribution in [0.5, 0.6) is 11.5 Å². The average molecular weight is 421 g/mol. The smallest absolute Gasteiger partial charge is 0.176 e. The quantitative estimate of drug-likeness (QED) is 0.394. The number of hydrogen-bond donors (Lipinski definition) is 1. The maximum atomic E-state index is 11.7. The van der Waals surface area contributed by atoms with Crippen LogP contribution in [0, 0.1) is 12.3 Å². The number of aliphatic hydroxyl groups is 1. The first-order valence-corrected chi connectivity index (χ1v) is 10.3. The Morgan fingerprint density at radius 2 is 1.06 bits per heavy atom. The van der Waals surface area contributed by atoms with Gasteiger partial charge >= 0.3 is 0 Å². The van der Waals surface area contributed by atoms with Gasteiger partial charge in [0.15, 0.2) is 5.60 Å². The molecule has 0 unspecified atom stereocenters. The molecule has 0 fully saturated rings. The lowest BCUT2D eigenvalue weighted by Crippen LogP contribution is -2.25. The average Bonchev–Trinajstić information content (AvgIpc) is 2.88. The van der Waals surface area contributed by atoms with E-state index in [1.807, 2.05) is 84.9 Å².